The second-order valence-corrected chi connectivity index (χ2v) is 6.15. The highest BCUT2D eigenvalue weighted by Crippen LogP contribution is 2.33. The smallest absolute Gasteiger partial charge is 0.319 e. The molecule has 2 aromatic carbocycles. The topological polar surface area (TPSA) is 49.4 Å². The van der Waals surface area contributed by atoms with E-state index in [1.807, 2.05) is 6.92 Å². The van der Waals surface area contributed by atoms with E-state index in [1.165, 1.54) is 12.1 Å². The van der Waals surface area contributed by atoms with Crippen LogP contribution >= 0.6 is 11.6 Å². The van der Waals surface area contributed by atoms with Gasteiger partial charge in [-0.15, -0.1) is 0 Å². The first-order valence-electron chi connectivity index (χ1n) is 7.61. The van der Waals surface area contributed by atoms with Gasteiger partial charge in [-0.25, -0.2) is 9.18 Å². The van der Waals surface area contributed by atoms with Crippen LogP contribution in [-0.2, 0) is 16.9 Å². The number of urea groups is 1. The van der Waals surface area contributed by atoms with Gasteiger partial charge < -0.3 is 5.32 Å². The third-order valence-electron chi connectivity index (χ3n) is 4.27. The molecule has 1 unspecified atom stereocenters. The van der Waals surface area contributed by atoms with Crippen LogP contribution in [0.15, 0.2) is 48.5 Å². The average Bonchev–Trinajstić information content (AvgIpc) is 2.81. The first-order valence-corrected chi connectivity index (χ1v) is 7.98. The lowest BCUT2D eigenvalue weighted by Crippen LogP contribution is -2.43. The van der Waals surface area contributed by atoms with Gasteiger partial charge in [0.15, 0.2) is 0 Å². The lowest BCUT2D eigenvalue weighted by Gasteiger charge is -2.26. The van der Waals surface area contributed by atoms with E-state index in [2.05, 4.69) is 5.32 Å². The zero-order chi connectivity index (χ0) is 17.3. The minimum Gasteiger partial charge on any atom is -0.319 e. The molecule has 1 saturated heterocycles. The predicted octanol–water partition coefficient (Wildman–Crippen LogP) is 3.84. The maximum Gasteiger partial charge on any atom is 0.325 e. The minimum atomic E-state index is -1.12. The molecule has 124 valence electrons. The van der Waals surface area contributed by atoms with E-state index >= 15 is 0 Å². The molecule has 0 spiro atoms. The van der Waals surface area contributed by atoms with Gasteiger partial charge in [-0.2, -0.15) is 0 Å². The standard InChI is InChI=1S/C18H16ClFN2O2/c1-2-18(13-6-8-14(19)9-7-13)16(23)22(17(24)21-18)11-12-4-3-5-15(20)10-12/h3-10H,2,11H2,1H3,(H,21,24). The molecule has 2 aromatic rings. The maximum absolute atomic E-state index is 13.3. The summed E-state index contributed by atoms with van der Waals surface area (Å²) < 4.78 is 13.3. The third-order valence-corrected chi connectivity index (χ3v) is 4.52. The lowest BCUT2D eigenvalue weighted by molar-refractivity contribution is -0.132. The Kier molecular flexibility index (Phi) is 4.28. The summed E-state index contributed by atoms with van der Waals surface area (Å²) >= 11 is 5.90. The number of amides is 3. The summed E-state index contributed by atoms with van der Waals surface area (Å²) in [5, 5.41) is 3.34. The minimum absolute atomic E-state index is 0.0256. The van der Waals surface area contributed by atoms with Crippen LogP contribution in [0.4, 0.5) is 9.18 Å². The van der Waals surface area contributed by atoms with Gasteiger partial charge in [-0.1, -0.05) is 42.8 Å². The second-order valence-electron chi connectivity index (χ2n) is 5.72. The Morgan fingerprint density at radius 2 is 1.88 bits per heavy atom. The number of imide groups is 1. The Bertz CT molecular complexity index is 794. The molecule has 1 fully saturated rings. The lowest BCUT2D eigenvalue weighted by atomic mass is 9.87. The Morgan fingerprint density at radius 1 is 1.17 bits per heavy atom. The Labute approximate surface area is 144 Å². The number of carbonyl (C=O) groups excluding carboxylic acids is 2. The second kappa shape index (κ2) is 6.24. The van der Waals surface area contributed by atoms with Crippen LogP contribution < -0.4 is 5.32 Å². The van der Waals surface area contributed by atoms with E-state index in [1.54, 1.807) is 36.4 Å². The molecule has 4 nitrogen and oxygen atoms in total. The molecule has 3 rings (SSSR count). The molecule has 1 aliphatic rings. The Morgan fingerprint density at radius 3 is 2.50 bits per heavy atom. The number of carbonyl (C=O) groups is 2. The van der Waals surface area contributed by atoms with Crippen molar-refractivity contribution in [1.82, 2.24) is 10.2 Å². The fourth-order valence-corrected chi connectivity index (χ4v) is 3.09. The molecule has 0 aliphatic carbocycles. The summed E-state index contributed by atoms with van der Waals surface area (Å²) in [4.78, 5) is 26.4. The largest absolute Gasteiger partial charge is 0.325 e. The summed E-state index contributed by atoms with van der Waals surface area (Å²) in [6.07, 6.45) is 0.402. The van der Waals surface area contributed by atoms with Crippen molar-refractivity contribution < 1.29 is 14.0 Å². The van der Waals surface area contributed by atoms with Gasteiger partial charge in [-0.3, -0.25) is 9.69 Å². The highest BCUT2D eigenvalue weighted by molar-refractivity contribution is 6.30. The molecule has 0 aromatic heterocycles. The van der Waals surface area contributed by atoms with Crippen molar-refractivity contribution in [1.29, 1.82) is 0 Å². The average molecular weight is 347 g/mol. The summed E-state index contributed by atoms with van der Waals surface area (Å²) in [7, 11) is 0. The summed E-state index contributed by atoms with van der Waals surface area (Å²) in [6.45, 7) is 1.86. The summed E-state index contributed by atoms with van der Waals surface area (Å²) in [6, 6.07) is 12.2. The molecule has 1 aliphatic heterocycles. The Balaban J connectivity index is 1.93. The van der Waals surface area contributed by atoms with E-state index in [9.17, 15) is 14.0 Å². The van der Waals surface area contributed by atoms with Crippen molar-refractivity contribution >= 4 is 23.5 Å². The number of rotatable bonds is 4. The zero-order valence-corrected chi connectivity index (χ0v) is 13.8. The van der Waals surface area contributed by atoms with Crippen LogP contribution in [0.2, 0.25) is 5.02 Å². The van der Waals surface area contributed by atoms with Gasteiger partial charge in [-0.05, 0) is 41.8 Å². The van der Waals surface area contributed by atoms with Crippen molar-refractivity contribution in [3.05, 3.63) is 70.5 Å². The van der Waals surface area contributed by atoms with Gasteiger partial charge in [0, 0.05) is 5.02 Å². The van der Waals surface area contributed by atoms with Crippen LogP contribution in [0, 0.1) is 5.82 Å². The summed E-state index contributed by atoms with van der Waals surface area (Å²) in [5.74, 6) is -0.749. The van der Waals surface area contributed by atoms with Gasteiger partial charge in [0.05, 0.1) is 6.54 Å². The maximum atomic E-state index is 13.3. The fraction of sp³-hybridized carbons (Fsp3) is 0.222. The van der Waals surface area contributed by atoms with Gasteiger partial charge >= 0.3 is 6.03 Å². The van der Waals surface area contributed by atoms with Crippen molar-refractivity contribution in [2.75, 3.05) is 0 Å². The molecule has 0 bridgehead atoms. The van der Waals surface area contributed by atoms with Crippen LogP contribution in [0.25, 0.3) is 0 Å². The quantitative estimate of drug-likeness (QED) is 0.855. The number of nitrogens with one attached hydrogen (secondary N) is 1. The van der Waals surface area contributed by atoms with Crippen LogP contribution in [-0.4, -0.2) is 16.8 Å². The molecule has 1 atom stereocenters. The van der Waals surface area contributed by atoms with Crippen molar-refractivity contribution in [3.63, 3.8) is 0 Å². The molecule has 1 heterocycles. The first-order chi connectivity index (χ1) is 11.5. The fourth-order valence-electron chi connectivity index (χ4n) is 2.96. The number of nitrogens with zero attached hydrogens (tertiary/aromatic N) is 1. The van der Waals surface area contributed by atoms with E-state index in [-0.39, 0.29) is 12.5 Å². The highest BCUT2D eigenvalue weighted by Gasteiger charge is 2.51. The van der Waals surface area contributed by atoms with Gasteiger partial charge in [0.2, 0.25) is 0 Å². The van der Waals surface area contributed by atoms with Crippen LogP contribution in [0.1, 0.15) is 24.5 Å². The molecule has 0 saturated carbocycles. The number of halogens is 2. The molecular weight excluding hydrogens is 331 g/mol. The molecule has 3 amide bonds. The van der Waals surface area contributed by atoms with E-state index in [4.69, 9.17) is 11.6 Å². The van der Waals surface area contributed by atoms with Gasteiger partial charge in [0.25, 0.3) is 5.91 Å². The molecule has 1 N–H and O–H groups in total. The summed E-state index contributed by atoms with van der Waals surface area (Å²) in [5.41, 5.74) is 0.116. The highest BCUT2D eigenvalue weighted by atomic mass is 35.5. The van der Waals surface area contributed by atoms with Gasteiger partial charge in [0.1, 0.15) is 11.4 Å². The SMILES string of the molecule is CCC1(c2ccc(Cl)cc2)NC(=O)N(Cc2cccc(F)c2)C1=O. The van der Waals surface area contributed by atoms with E-state index < -0.39 is 17.4 Å². The Hall–Kier alpha value is -2.40. The zero-order valence-electron chi connectivity index (χ0n) is 13.1. The monoisotopic (exact) mass is 346 g/mol. The molecule has 24 heavy (non-hydrogen) atoms. The number of hydrogen-bond acceptors (Lipinski definition) is 2. The molecular formula is C18H16ClFN2O2. The molecule has 6 heteroatoms. The van der Waals surface area contributed by atoms with Crippen LogP contribution in [0.3, 0.4) is 0 Å². The van der Waals surface area contributed by atoms with E-state index in [0.29, 0.717) is 22.6 Å². The number of benzene rings is 2. The van der Waals surface area contributed by atoms with Crippen molar-refractivity contribution in [2.45, 2.75) is 25.4 Å². The normalized spacial score (nSPS) is 20.4. The first kappa shape index (κ1) is 16.5. The number of hydrogen-bond donors (Lipinski definition) is 1. The molecule has 0 radical (unpaired) electrons. The third kappa shape index (κ3) is 2.76. The predicted molar refractivity (Wildman–Crippen MR) is 88.9 cm³/mol. The van der Waals surface area contributed by atoms with Crippen LogP contribution in [0.5, 0.6) is 0 Å². The van der Waals surface area contributed by atoms with Crippen molar-refractivity contribution in [3.8, 4) is 0 Å². The van der Waals surface area contributed by atoms with E-state index in [0.717, 1.165) is 4.90 Å². The van der Waals surface area contributed by atoms with Crippen molar-refractivity contribution in [2.24, 2.45) is 0 Å².